The first kappa shape index (κ1) is 15.3. The Bertz CT molecular complexity index is 1130. The predicted octanol–water partition coefficient (Wildman–Crippen LogP) is 2.74. The average Bonchev–Trinajstić information content (AvgIpc) is 3.34. The standard InChI is InChI=1S/C18H16N6OS/c25-15(7-10-4-5-13-11(6-10)8-21-22-13)23-24-17-16-12-2-1-3-14(12)26-18(16)20-9-19-17/h4-6,8-9H,1-3,7H2,(H,21,22)(H,23,25)(H,19,20,24). The maximum Gasteiger partial charge on any atom is 0.242 e. The van der Waals surface area contributed by atoms with E-state index in [2.05, 4.69) is 31.0 Å². The third-order valence-electron chi connectivity index (χ3n) is 4.69. The quantitative estimate of drug-likeness (QED) is 0.484. The molecule has 5 rings (SSSR count). The van der Waals surface area contributed by atoms with Gasteiger partial charge in [0.15, 0.2) is 5.82 Å². The van der Waals surface area contributed by atoms with E-state index in [9.17, 15) is 4.79 Å². The van der Waals surface area contributed by atoms with Gasteiger partial charge in [0.1, 0.15) is 11.2 Å². The van der Waals surface area contributed by atoms with Gasteiger partial charge in [-0.15, -0.1) is 11.3 Å². The number of nitrogens with one attached hydrogen (secondary N) is 3. The van der Waals surface area contributed by atoms with Crippen molar-refractivity contribution in [3.05, 3.63) is 46.7 Å². The van der Waals surface area contributed by atoms with Gasteiger partial charge in [0.05, 0.1) is 23.5 Å². The molecule has 0 radical (unpaired) electrons. The van der Waals surface area contributed by atoms with Crippen LogP contribution >= 0.6 is 11.3 Å². The number of carbonyl (C=O) groups is 1. The first-order chi connectivity index (χ1) is 12.8. The second-order valence-electron chi connectivity index (χ2n) is 6.40. The first-order valence-electron chi connectivity index (χ1n) is 8.50. The van der Waals surface area contributed by atoms with Crippen molar-refractivity contribution >= 4 is 44.2 Å². The molecule has 0 fully saturated rings. The van der Waals surface area contributed by atoms with Crippen LogP contribution < -0.4 is 10.9 Å². The van der Waals surface area contributed by atoms with Crippen molar-refractivity contribution in [3.8, 4) is 0 Å². The van der Waals surface area contributed by atoms with Gasteiger partial charge in [-0.1, -0.05) is 6.07 Å². The number of aryl methyl sites for hydroxylation is 2. The van der Waals surface area contributed by atoms with E-state index >= 15 is 0 Å². The number of anilines is 1. The maximum atomic E-state index is 12.3. The Morgan fingerprint density at radius 2 is 2.23 bits per heavy atom. The number of fused-ring (bicyclic) bond motifs is 4. The highest BCUT2D eigenvalue weighted by Crippen LogP contribution is 2.38. The summed E-state index contributed by atoms with van der Waals surface area (Å²) in [5.74, 6) is 0.555. The SMILES string of the molecule is O=C(Cc1ccc2[nH]ncc2c1)NNc1ncnc2sc3c(c12)CCC3. The Hall–Kier alpha value is -3.00. The van der Waals surface area contributed by atoms with Crippen molar-refractivity contribution in [3.63, 3.8) is 0 Å². The highest BCUT2D eigenvalue weighted by Gasteiger charge is 2.21. The van der Waals surface area contributed by atoms with Gasteiger partial charge in [-0.05, 0) is 42.5 Å². The van der Waals surface area contributed by atoms with Crippen molar-refractivity contribution in [1.29, 1.82) is 0 Å². The maximum absolute atomic E-state index is 12.3. The normalized spacial score (nSPS) is 13.2. The summed E-state index contributed by atoms with van der Waals surface area (Å²) in [5.41, 5.74) is 8.98. The molecule has 8 heteroatoms. The van der Waals surface area contributed by atoms with Gasteiger partial charge in [-0.25, -0.2) is 9.97 Å². The van der Waals surface area contributed by atoms with Gasteiger partial charge in [0, 0.05) is 10.3 Å². The number of hydrogen-bond donors (Lipinski definition) is 3. The lowest BCUT2D eigenvalue weighted by Gasteiger charge is -2.09. The van der Waals surface area contributed by atoms with E-state index in [1.54, 1.807) is 17.5 Å². The van der Waals surface area contributed by atoms with E-state index in [0.29, 0.717) is 5.82 Å². The zero-order valence-electron chi connectivity index (χ0n) is 13.9. The number of rotatable bonds is 4. The Labute approximate surface area is 152 Å². The summed E-state index contributed by atoms with van der Waals surface area (Å²) in [5, 5.41) is 8.95. The van der Waals surface area contributed by atoms with Crippen molar-refractivity contribution in [2.75, 3.05) is 5.43 Å². The second-order valence-corrected chi connectivity index (χ2v) is 7.48. The summed E-state index contributed by atoms with van der Waals surface area (Å²) < 4.78 is 0. The van der Waals surface area contributed by atoms with Crippen molar-refractivity contribution in [2.24, 2.45) is 0 Å². The molecule has 0 unspecified atom stereocenters. The van der Waals surface area contributed by atoms with Crippen LogP contribution in [0.15, 0.2) is 30.7 Å². The van der Waals surface area contributed by atoms with Gasteiger partial charge in [-0.2, -0.15) is 5.10 Å². The second kappa shape index (κ2) is 6.06. The van der Waals surface area contributed by atoms with Gasteiger partial charge < -0.3 is 0 Å². The van der Waals surface area contributed by atoms with E-state index in [4.69, 9.17) is 0 Å². The molecule has 3 N–H and O–H groups in total. The van der Waals surface area contributed by atoms with Crippen LogP contribution in [0.1, 0.15) is 22.4 Å². The topological polar surface area (TPSA) is 95.6 Å². The molecule has 0 spiro atoms. The zero-order chi connectivity index (χ0) is 17.5. The van der Waals surface area contributed by atoms with Crippen LogP contribution in [0.5, 0.6) is 0 Å². The zero-order valence-corrected chi connectivity index (χ0v) is 14.7. The number of aromatic amines is 1. The first-order valence-corrected chi connectivity index (χ1v) is 9.32. The minimum Gasteiger partial charge on any atom is -0.281 e. The fourth-order valence-electron chi connectivity index (χ4n) is 3.48. The van der Waals surface area contributed by atoms with Crippen LogP contribution in [0.25, 0.3) is 21.1 Å². The van der Waals surface area contributed by atoms with E-state index in [1.165, 1.54) is 23.2 Å². The van der Waals surface area contributed by atoms with E-state index < -0.39 is 0 Å². The fourth-order valence-corrected chi connectivity index (χ4v) is 4.71. The summed E-state index contributed by atoms with van der Waals surface area (Å²) in [6.07, 6.45) is 6.91. The monoisotopic (exact) mass is 364 g/mol. The van der Waals surface area contributed by atoms with Crippen LogP contribution in [0.3, 0.4) is 0 Å². The van der Waals surface area contributed by atoms with Crippen LogP contribution in [-0.2, 0) is 24.1 Å². The molecule has 0 saturated carbocycles. The minimum absolute atomic E-state index is 0.119. The highest BCUT2D eigenvalue weighted by atomic mass is 32.1. The molecular formula is C18H16N6OS. The molecule has 1 aliphatic carbocycles. The number of amides is 1. The summed E-state index contributed by atoms with van der Waals surface area (Å²) in [7, 11) is 0. The number of thiophene rings is 1. The fraction of sp³-hybridized carbons (Fsp3) is 0.222. The molecule has 3 aromatic heterocycles. The Morgan fingerprint density at radius 1 is 1.27 bits per heavy atom. The lowest BCUT2D eigenvalue weighted by atomic mass is 10.1. The van der Waals surface area contributed by atoms with E-state index in [-0.39, 0.29) is 12.3 Å². The van der Waals surface area contributed by atoms with Crippen molar-refractivity contribution in [2.45, 2.75) is 25.7 Å². The summed E-state index contributed by atoms with van der Waals surface area (Å²) in [6, 6.07) is 5.82. The third kappa shape index (κ3) is 2.59. The van der Waals surface area contributed by atoms with Crippen LogP contribution in [0.2, 0.25) is 0 Å². The number of carbonyl (C=O) groups excluding carboxylic acids is 1. The molecule has 26 heavy (non-hydrogen) atoms. The molecule has 1 amide bonds. The number of benzene rings is 1. The molecule has 1 aromatic carbocycles. The summed E-state index contributed by atoms with van der Waals surface area (Å²) >= 11 is 1.73. The summed E-state index contributed by atoms with van der Waals surface area (Å²) in [4.78, 5) is 23.4. The van der Waals surface area contributed by atoms with Crippen LogP contribution in [-0.4, -0.2) is 26.1 Å². The van der Waals surface area contributed by atoms with Gasteiger partial charge in [0.2, 0.25) is 5.91 Å². The molecule has 3 heterocycles. The Balaban J connectivity index is 1.33. The van der Waals surface area contributed by atoms with Crippen LogP contribution in [0, 0.1) is 0 Å². The molecule has 0 aliphatic heterocycles. The molecule has 7 nitrogen and oxygen atoms in total. The molecule has 0 saturated heterocycles. The minimum atomic E-state index is -0.119. The van der Waals surface area contributed by atoms with Crippen LogP contribution in [0.4, 0.5) is 5.82 Å². The Morgan fingerprint density at radius 3 is 3.19 bits per heavy atom. The lowest BCUT2D eigenvalue weighted by Crippen LogP contribution is -2.31. The summed E-state index contributed by atoms with van der Waals surface area (Å²) in [6.45, 7) is 0. The Kier molecular flexibility index (Phi) is 3.56. The average molecular weight is 364 g/mol. The van der Waals surface area contributed by atoms with Crippen molar-refractivity contribution in [1.82, 2.24) is 25.6 Å². The van der Waals surface area contributed by atoms with E-state index in [1.807, 2.05) is 18.2 Å². The molecule has 1 aliphatic rings. The smallest absolute Gasteiger partial charge is 0.242 e. The molecule has 130 valence electrons. The molecular weight excluding hydrogens is 348 g/mol. The number of nitrogens with zero attached hydrogens (tertiary/aromatic N) is 3. The predicted molar refractivity (Wildman–Crippen MR) is 101 cm³/mol. The third-order valence-corrected chi connectivity index (χ3v) is 5.89. The van der Waals surface area contributed by atoms with Gasteiger partial charge in [-0.3, -0.25) is 20.7 Å². The largest absolute Gasteiger partial charge is 0.281 e. The number of hydrogen-bond acceptors (Lipinski definition) is 6. The van der Waals surface area contributed by atoms with Gasteiger partial charge >= 0.3 is 0 Å². The number of hydrazine groups is 1. The molecule has 4 aromatic rings. The lowest BCUT2D eigenvalue weighted by molar-refractivity contribution is -0.119. The van der Waals surface area contributed by atoms with E-state index in [0.717, 1.165) is 39.5 Å². The molecule has 0 atom stereocenters. The van der Waals surface area contributed by atoms with Gasteiger partial charge in [0.25, 0.3) is 0 Å². The number of aromatic nitrogens is 4. The number of H-pyrrole nitrogens is 1. The van der Waals surface area contributed by atoms with Crippen molar-refractivity contribution < 1.29 is 4.79 Å². The highest BCUT2D eigenvalue weighted by molar-refractivity contribution is 7.19. The molecule has 0 bridgehead atoms.